The molecule has 5 rings (SSSR count). The molecule has 4 aliphatic rings. The summed E-state index contributed by atoms with van der Waals surface area (Å²) in [6.07, 6.45) is 4.99. The monoisotopic (exact) mass is 410 g/mol. The topological polar surface area (TPSA) is 108 Å². The molecule has 3 N–H and O–H groups in total. The number of rotatable bonds is 4. The molecule has 0 aromatic heterocycles. The average Bonchev–Trinajstić information content (AvgIpc) is 2.99. The lowest BCUT2D eigenvalue weighted by Crippen LogP contribution is -2.57. The molecule has 1 spiro atoms. The Morgan fingerprint density at radius 3 is 2.53 bits per heavy atom. The minimum atomic E-state index is -0.930. The van der Waals surface area contributed by atoms with E-state index < -0.39 is 23.8 Å². The maximum atomic E-state index is 13.2. The minimum Gasteiger partial charge on any atom is -0.317 e. The normalized spacial score (nSPS) is 27.8. The third-order valence-electron chi connectivity index (χ3n) is 7.36. The van der Waals surface area contributed by atoms with Crippen LogP contribution in [-0.4, -0.2) is 53.7 Å². The Balaban J connectivity index is 1.35. The summed E-state index contributed by atoms with van der Waals surface area (Å²) in [7, 11) is 0. The van der Waals surface area contributed by atoms with Crippen molar-refractivity contribution >= 4 is 23.6 Å². The SMILES string of the molecule is O=C1CCC(N2C(=O)c3cccc(CNC4CCC45CCNCC5)c3C2=O)C(=O)N1. The Kier molecular flexibility index (Phi) is 4.71. The third-order valence-corrected chi connectivity index (χ3v) is 7.36. The smallest absolute Gasteiger partial charge is 0.262 e. The maximum absolute atomic E-state index is 13.2. The highest BCUT2D eigenvalue weighted by atomic mass is 16.2. The number of nitrogens with zero attached hydrogens (tertiary/aromatic N) is 1. The van der Waals surface area contributed by atoms with Crippen LogP contribution in [0.15, 0.2) is 18.2 Å². The molecule has 1 saturated carbocycles. The predicted octanol–water partition coefficient (Wildman–Crippen LogP) is 0.710. The lowest BCUT2D eigenvalue weighted by atomic mass is 9.59. The van der Waals surface area contributed by atoms with Gasteiger partial charge >= 0.3 is 0 Å². The van der Waals surface area contributed by atoms with Gasteiger partial charge in [-0.05, 0) is 62.2 Å². The first-order valence-electron chi connectivity index (χ1n) is 10.8. The summed E-state index contributed by atoms with van der Waals surface area (Å²) < 4.78 is 0. The first-order valence-corrected chi connectivity index (χ1v) is 10.8. The van der Waals surface area contributed by atoms with E-state index in [1.807, 2.05) is 6.07 Å². The van der Waals surface area contributed by atoms with Crippen LogP contribution in [0.5, 0.6) is 0 Å². The molecule has 0 radical (unpaired) electrons. The van der Waals surface area contributed by atoms with Crippen LogP contribution < -0.4 is 16.0 Å². The van der Waals surface area contributed by atoms with Crippen molar-refractivity contribution in [3.8, 4) is 0 Å². The second kappa shape index (κ2) is 7.28. The van der Waals surface area contributed by atoms with Crippen molar-refractivity contribution in [2.45, 2.75) is 57.2 Å². The number of carbonyl (C=O) groups is 4. The molecule has 3 fully saturated rings. The van der Waals surface area contributed by atoms with Crippen LogP contribution in [0.3, 0.4) is 0 Å². The highest BCUT2D eigenvalue weighted by Gasteiger charge is 2.48. The summed E-state index contributed by atoms with van der Waals surface area (Å²) in [4.78, 5) is 50.9. The fourth-order valence-electron chi connectivity index (χ4n) is 5.50. The molecule has 2 atom stereocenters. The Morgan fingerprint density at radius 1 is 1.03 bits per heavy atom. The molecule has 8 heteroatoms. The molecule has 3 aliphatic heterocycles. The van der Waals surface area contributed by atoms with E-state index in [9.17, 15) is 19.2 Å². The van der Waals surface area contributed by atoms with E-state index in [0.29, 0.717) is 29.1 Å². The van der Waals surface area contributed by atoms with Crippen LogP contribution in [0.25, 0.3) is 0 Å². The van der Waals surface area contributed by atoms with Gasteiger partial charge in [-0.2, -0.15) is 0 Å². The van der Waals surface area contributed by atoms with Gasteiger partial charge in [0.25, 0.3) is 11.8 Å². The van der Waals surface area contributed by atoms with Crippen LogP contribution >= 0.6 is 0 Å². The first-order chi connectivity index (χ1) is 14.5. The van der Waals surface area contributed by atoms with Gasteiger partial charge in [-0.25, -0.2) is 0 Å². The van der Waals surface area contributed by atoms with Gasteiger partial charge in [0, 0.05) is 19.0 Å². The number of piperidine rings is 2. The molecule has 30 heavy (non-hydrogen) atoms. The Labute approximate surface area is 174 Å². The molecular weight excluding hydrogens is 384 g/mol. The van der Waals surface area contributed by atoms with Crippen molar-refractivity contribution in [1.82, 2.24) is 20.9 Å². The average molecular weight is 410 g/mol. The second-order valence-corrected chi connectivity index (χ2v) is 8.87. The van der Waals surface area contributed by atoms with Crippen LogP contribution in [0.2, 0.25) is 0 Å². The molecule has 1 aliphatic carbocycles. The van der Waals surface area contributed by atoms with Gasteiger partial charge in [0.2, 0.25) is 11.8 Å². The quantitative estimate of drug-likeness (QED) is 0.631. The highest BCUT2D eigenvalue weighted by molar-refractivity contribution is 6.24. The number of benzene rings is 1. The minimum absolute atomic E-state index is 0.122. The maximum Gasteiger partial charge on any atom is 0.262 e. The molecule has 8 nitrogen and oxygen atoms in total. The van der Waals surface area contributed by atoms with Crippen molar-refractivity contribution in [2.75, 3.05) is 13.1 Å². The summed E-state index contributed by atoms with van der Waals surface area (Å²) in [6.45, 7) is 2.62. The number of nitrogens with one attached hydrogen (secondary N) is 3. The Bertz CT molecular complexity index is 937. The molecule has 2 saturated heterocycles. The summed E-state index contributed by atoms with van der Waals surface area (Å²) in [6, 6.07) is 4.80. The van der Waals surface area contributed by atoms with E-state index in [1.54, 1.807) is 12.1 Å². The van der Waals surface area contributed by atoms with E-state index in [2.05, 4.69) is 16.0 Å². The van der Waals surface area contributed by atoms with Gasteiger partial charge < -0.3 is 10.6 Å². The standard InChI is InChI=1S/C22H26N4O4/c27-17-5-4-15(19(28)25-17)26-20(29)14-3-1-2-13(18(14)21(26)30)12-24-16-6-7-22(16)8-10-23-11-9-22/h1-3,15-16,23-24H,4-12H2,(H,25,27,28). The molecule has 2 unspecified atom stereocenters. The van der Waals surface area contributed by atoms with Crippen LogP contribution in [0.1, 0.15) is 64.8 Å². The zero-order valence-electron chi connectivity index (χ0n) is 16.8. The van der Waals surface area contributed by atoms with Gasteiger partial charge in [0.15, 0.2) is 0 Å². The molecular formula is C22H26N4O4. The van der Waals surface area contributed by atoms with Crippen molar-refractivity contribution in [3.63, 3.8) is 0 Å². The van der Waals surface area contributed by atoms with Crippen LogP contribution in [0, 0.1) is 5.41 Å². The Hall–Kier alpha value is -2.58. The fourth-order valence-corrected chi connectivity index (χ4v) is 5.50. The number of imide groups is 2. The van der Waals surface area contributed by atoms with Crippen molar-refractivity contribution < 1.29 is 19.2 Å². The van der Waals surface area contributed by atoms with E-state index in [1.165, 1.54) is 6.42 Å². The van der Waals surface area contributed by atoms with E-state index in [0.717, 1.165) is 42.8 Å². The molecule has 1 aromatic rings. The molecule has 4 amide bonds. The van der Waals surface area contributed by atoms with Gasteiger partial charge in [-0.3, -0.25) is 29.4 Å². The van der Waals surface area contributed by atoms with Gasteiger partial charge in [-0.1, -0.05) is 12.1 Å². The Morgan fingerprint density at radius 2 is 1.83 bits per heavy atom. The molecule has 0 bridgehead atoms. The zero-order valence-corrected chi connectivity index (χ0v) is 16.8. The summed E-state index contributed by atoms with van der Waals surface area (Å²) in [5.74, 6) is -1.84. The van der Waals surface area contributed by atoms with Gasteiger partial charge in [-0.15, -0.1) is 0 Å². The summed E-state index contributed by atoms with van der Waals surface area (Å²) in [5.41, 5.74) is 1.87. The molecule has 158 valence electrons. The van der Waals surface area contributed by atoms with Crippen molar-refractivity contribution in [2.24, 2.45) is 5.41 Å². The number of hydrogen-bond donors (Lipinski definition) is 3. The number of fused-ring (bicyclic) bond motifs is 1. The highest BCUT2D eigenvalue weighted by Crippen LogP contribution is 2.48. The summed E-state index contributed by atoms with van der Waals surface area (Å²) >= 11 is 0. The molecule has 3 heterocycles. The lowest BCUT2D eigenvalue weighted by molar-refractivity contribution is -0.136. The van der Waals surface area contributed by atoms with Gasteiger partial charge in [0.1, 0.15) is 6.04 Å². The largest absolute Gasteiger partial charge is 0.317 e. The predicted molar refractivity (Wildman–Crippen MR) is 108 cm³/mol. The lowest BCUT2D eigenvalue weighted by Gasteiger charge is -2.52. The number of amides is 4. The number of hydrogen-bond acceptors (Lipinski definition) is 6. The van der Waals surface area contributed by atoms with Crippen molar-refractivity contribution in [3.05, 3.63) is 34.9 Å². The van der Waals surface area contributed by atoms with E-state index in [4.69, 9.17) is 0 Å². The van der Waals surface area contributed by atoms with E-state index >= 15 is 0 Å². The van der Waals surface area contributed by atoms with E-state index in [-0.39, 0.29) is 18.7 Å². The van der Waals surface area contributed by atoms with Crippen LogP contribution in [0.4, 0.5) is 0 Å². The third kappa shape index (κ3) is 2.97. The number of carbonyl (C=O) groups excluding carboxylic acids is 4. The van der Waals surface area contributed by atoms with Crippen LogP contribution in [-0.2, 0) is 16.1 Å². The van der Waals surface area contributed by atoms with Crippen molar-refractivity contribution in [1.29, 1.82) is 0 Å². The zero-order chi connectivity index (χ0) is 20.9. The summed E-state index contributed by atoms with van der Waals surface area (Å²) in [5, 5.41) is 9.29. The first kappa shape index (κ1) is 19.4. The molecule has 1 aromatic carbocycles. The fraction of sp³-hybridized carbons (Fsp3) is 0.545. The second-order valence-electron chi connectivity index (χ2n) is 8.87. The van der Waals surface area contributed by atoms with Gasteiger partial charge in [0.05, 0.1) is 11.1 Å².